The van der Waals surface area contributed by atoms with Gasteiger partial charge in [-0.3, -0.25) is 4.68 Å². The number of rotatable bonds is 1. The zero-order valence-corrected chi connectivity index (χ0v) is 12.0. The molecule has 92 valence electrons. The van der Waals surface area contributed by atoms with Gasteiger partial charge in [-0.05, 0) is 32.3 Å². The summed E-state index contributed by atoms with van der Waals surface area (Å²) in [4.78, 5) is 0. The fourth-order valence-electron chi connectivity index (χ4n) is 1.70. The second-order valence-corrected chi connectivity index (χ2v) is 7.17. The van der Waals surface area contributed by atoms with E-state index >= 15 is 0 Å². The van der Waals surface area contributed by atoms with Crippen LogP contribution in [0, 0.1) is 5.41 Å². The van der Waals surface area contributed by atoms with E-state index in [0.29, 0.717) is 0 Å². The van der Waals surface area contributed by atoms with Crippen molar-refractivity contribution >= 4 is 0 Å². The van der Waals surface area contributed by atoms with Gasteiger partial charge in [0.05, 0.1) is 5.54 Å². The summed E-state index contributed by atoms with van der Waals surface area (Å²) in [7, 11) is 0. The molecule has 0 amide bonds. The van der Waals surface area contributed by atoms with Crippen molar-refractivity contribution in [3.8, 4) is 0 Å². The smallest absolute Gasteiger partial charge is 0.0546 e. The SMILES string of the molecule is CC(C)(C)n1nccc1C(C)(C)C(C)(C)C. The van der Waals surface area contributed by atoms with E-state index in [-0.39, 0.29) is 16.4 Å². The van der Waals surface area contributed by atoms with Crippen LogP contribution in [0.1, 0.15) is 61.1 Å². The zero-order chi connectivity index (χ0) is 12.8. The average molecular weight is 222 g/mol. The predicted octanol–water partition coefficient (Wildman–Crippen LogP) is 3.96. The van der Waals surface area contributed by atoms with Gasteiger partial charge < -0.3 is 0 Å². The molecule has 0 spiro atoms. The van der Waals surface area contributed by atoms with Crippen molar-refractivity contribution in [3.63, 3.8) is 0 Å². The molecule has 0 saturated carbocycles. The van der Waals surface area contributed by atoms with Crippen LogP contribution in [0.4, 0.5) is 0 Å². The van der Waals surface area contributed by atoms with Gasteiger partial charge in [0.25, 0.3) is 0 Å². The molecule has 0 radical (unpaired) electrons. The van der Waals surface area contributed by atoms with Gasteiger partial charge in [-0.1, -0.05) is 34.6 Å². The number of nitrogens with zero attached hydrogens (tertiary/aromatic N) is 2. The Balaban J connectivity index is 3.31. The van der Waals surface area contributed by atoms with Gasteiger partial charge in [0, 0.05) is 17.3 Å². The monoisotopic (exact) mass is 222 g/mol. The average Bonchev–Trinajstić information content (AvgIpc) is 2.47. The molecule has 0 saturated heterocycles. The molecule has 2 heteroatoms. The minimum absolute atomic E-state index is 0.0430. The first-order valence-corrected chi connectivity index (χ1v) is 6.03. The van der Waals surface area contributed by atoms with Crippen molar-refractivity contribution in [2.45, 2.75) is 66.3 Å². The molecule has 16 heavy (non-hydrogen) atoms. The fourth-order valence-corrected chi connectivity index (χ4v) is 1.70. The van der Waals surface area contributed by atoms with E-state index in [1.165, 1.54) is 5.69 Å². The summed E-state index contributed by atoms with van der Waals surface area (Å²) >= 11 is 0. The summed E-state index contributed by atoms with van der Waals surface area (Å²) in [5, 5.41) is 4.48. The van der Waals surface area contributed by atoms with E-state index in [0.717, 1.165) is 0 Å². The maximum Gasteiger partial charge on any atom is 0.0546 e. The van der Waals surface area contributed by atoms with Crippen molar-refractivity contribution in [1.82, 2.24) is 9.78 Å². The molecule has 0 unspecified atom stereocenters. The third kappa shape index (κ3) is 2.16. The molecule has 0 aliphatic rings. The topological polar surface area (TPSA) is 17.8 Å². The van der Waals surface area contributed by atoms with Crippen LogP contribution in [-0.4, -0.2) is 9.78 Å². The molecule has 0 aliphatic carbocycles. The molecule has 0 fully saturated rings. The second-order valence-electron chi connectivity index (χ2n) is 7.17. The summed E-state index contributed by atoms with van der Waals surface area (Å²) in [6.07, 6.45) is 1.91. The van der Waals surface area contributed by atoms with Crippen molar-refractivity contribution in [3.05, 3.63) is 18.0 Å². The van der Waals surface area contributed by atoms with Crippen LogP contribution in [0.2, 0.25) is 0 Å². The molecular formula is C14H26N2. The molecule has 2 nitrogen and oxygen atoms in total. The van der Waals surface area contributed by atoms with E-state index in [1.54, 1.807) is 0 Å². The van der Waals surface area contributed by atoms with Crippen LogP contribution in [0.15, 0.2) is 12.3 Å². The number of hydrogen-bond donors (Lipinski definition) is 0. The lowest BCUT2D eigenvalue weighted by Crippen LogP contribution is -2.39. The van der Waals surface area contributed by atoms with Crippen LogP contribution in [-0.2, 0) is 11.0 Å². The third-order valence-electron chi connectivity index (χ3n) is 3.79. The van der Waals surface area contributed by atoms with E-state index in [2.05, 4.69) is 71.2 Å². The highest BCUT2D eigenvalue weighted by Crippen LogP contribution is 2.41. The molecule has 0 aliphatic heterocycles. The third-order valence-corrected chi connectivity index (χ3v) is 3.79. The first-order chi connectivity index (χ1) is 6.98. The van der Waals surface area contributed by atoms with Crippen LogP contribution in [0.5, 0.6) is 0 Å². The maximum absolute atomic E-state index is 4.48. The normalized spacial score (nSPS) is 14.2. The molecule has 0 aromatic carbocycles. The summed E-state index contributed by atoms with van der Waals surface area (Å²) in [6.45, 7) is 18.0. The van der Waals surface area contributed by atoms with Crippen LogP contribution >= 0.6 is 0 Å². The number of hydrogen-bond acceptors (Lipinski definition) is 1. The summed E-state index contributed by atoms with van der Waals surface area (Å²) in [5.74, 6) is 0. The lowest BCUT2D eigenvalue weighted by atomic mass is 9.67. The van der Waals surface area contributed by atoms with Gasteiger partial charge in [0.2, 0.25) is 0 Å². The Morgan fingerprint density at radius 3 is 1.81 bits per heavy atom. The van der Waals surface area contributed by atoms with Gasteiger partial charge >= 0.3 is 0 Å². The summed E-state index contributed by atoms with van der Waals surface area (Å²) in [5.41, 5.74) is 1.68. The molecule has 1 rings (SSSR count). The van der Waals surface area contributed by atoms with Gasteiger partial charge in [0.1, 0.15) is 0 Å². The van der Waals surface area contributed by atoms with Crippen LogP contribution in [0.3, 0.4) is 0 Å². The van der Waals surface area contributed by atoms with Gasteiger partial charge in [-0.15, -0.1) is 0 Å². The highest BCUT2D eigenvalue weighted by molar-refractivity contribution is 5.18. The quantitative estimate of drug-likeness (QED) is 0.703. The van der Waals surface area contributed by atoms with E-state index in [9.17, 15) is 0 Å². The summed E-state index contributed by atoms with van der Waals surface area (Å²) < 4.78 is 2.15. The second kappa shape index (κ2) is 3.61. The highest BCUT2D eigenvalue weighted by Gasteiger charge is 2.38. The van der Waals surface area contributed by atoms with Gasteiger partial charge in [-0.25, -0.2) is 0 Å². The Morgan fingerprint density at radius 1 is 0.938 bits per heavy atom. The van der Waals surface area contributed by atoms with E-state index in [4.69, 9.17) is 0 Å². The Hall–Kier alpha value is -0.790. The molecule has 1 heterocycles. The molecular weight excluding hydrogens is 196 g/mol. The van der Waals surface area contributed by atoms with E-state index < -0.39 is 0 Å². The first kappa shape index (κ1) is 13.3. The Labute approximate surface area is 100 Å². The molecule has 0 bridgehead atoms. The Bertz CT molecular complexity index is 359. The molecule has 1 aromatic rings. The van der Waals surface area contributed by atoms with E-state index in [1.807, 2.05) is 6.20 Å². The minimum atomic E-state index is 0.0430. The molecule has 0 atom stereocenters. The Morgan fingerprint density at radius 2 is 1.44 bits per heavy atom. The summed E-state index contributed by atoms with van der Waals surface area (Å²) in [6, 6.07) is 2.15. The van der Waals surface area contributed by atoms with Crippen molar-refractivity contribution < 1.29 is 0 Å². The van der Waals surface area contributed by atoms with Gasteiger partial charge in [0.15, 0.2) is 0 Å². The number of aromatic nitrogens is 2. The fraction of sp³-hybridized carbons (Fsp3) is 0.786. The maximum atomic E-state index is 4.48. The van der Waals surface area contributed by atoms with Crippen molar-refractivity contribution in [2.24, 2.45) is 5.41 Å². The van der Waals surface area contributed by atoms with Gasteiger partial charge in [-0.2, -0.15) is 5.10 Å². The van der Waals surface area contributed by atoms with Crippen LogP contribution in [0.25, 0.3) is 0 Å². The van der Waals surface area contributed by atoms with Crippen molar-refractivity contribution in [2.75, 3.05) is 0 Å². The van der Waals surface area contributed by atoms with Crippen molar-refractivity contribution in [1.29, 1.82) is 0 Å². The first-order valence-electron chi connectivity index (χ1n) is 6.03. The van der Waals surface area contributed by atoms with Crippen LogP contribution < -0.4 is 0 Å². The minimum Gasteiger partial charge on any atom is -0.264 e. The Kier molecular flexibility index (Phi) is 3.00. The standard InChI is InChI=1S/C14H26N2/c1-12(2,3)14(7,8)11-9-10-15-16(11)13(4,5)6/h9-10H,1-8H3. The zero-order valence-electron chi connectivity index (χ0n) is 12.0. The molecule has 0 N–H and O–H groups in total. The predicted molar refractivity (Wildman–Crippen MR) is 69.7 cm³/mol. The molecule has 1 aromatic heterocycles. The lowest BCUT2D eigenvalue weighted by Gasteiger charge is -2.41. The highest BCUT2D eigenvalue weighted by atomic mass is 15.3. The lowest BCUT2D eigenvalue weighted by molar-refractivity contribution is 0.195. The largest absolute Gasteiger partial charge is 0.264 e.